The number of benzene rings is 2. The summed E-state index contributed by atoms with van der Waals surface area (Å²) >= 11 is 0. The minimum atomic E-state index is -0.284. The number of hydrogen-bond donors (Lipinski definition) is 1. The van der Waals surface area contributed by atoms with E-state index in [2.05, 4.69) is 51.2 Å². The summed E-state index contributed by atoms with van der Waals surface area (Å²) in [5.74, 6) is 1.73. The van der Waals surface area contributed by atoms with Crippen LogP contribution in [0, 0.1) is 0 Å². The second kappa shape index (κ2) is 6.34. The maximum atomic E-state index is 11.8. The summed E-state index contributed by atoms with van der Waals surface area (Å²) < 4.78 is 12.3. The Labute approximate surface area is 177 Å². The van der Waals surface area contributed by atoms with Gasteiger partial charge in [-0.05, 0) is 64.3 Å². The van der Waals surface area contributed by atoms with Gasteiger partial charge in [-0.15, -0.1) is 0 Å². The van der Waals surface area contributed by atoms with Crippen LogP contribution in [0.3, 0.4) is 0 Å². The van der Waals surface area contributed by atoms with Crippen molar-refractivity contribution in [1.82, 2.24) is 0 Å². The molecule has 1 N–H and O–H groups in total. The lowest BCUT2D eigenvalue weighted by Crippen LogP contribution is -2.30. The molecule has 3 aliphatic heterocycles. The summed E-state index contributed by atoms with van der Waals surface area (Å²) in [5.41, 5.74) is 7.03. The van der Waals surface area contributed by atoms with E-state index in [1.54, 1.807) is 0 Å². The van der Waals surface area contributed by atoms with Crippen LogP contribution in [0.4, 0.5) is 5.69 Å². The normalized spacial score (nSPS) is 19.9. The molecular weight excluding hydrogens is 376 g/mol. The van der Waals surface area contributed by atoms with Crippen LogP contribution >= 0.6 is 0 Å². The van der Waals surface area contributed by atoms with Crippen molar-refractivity contribution in [1.29, 1.82) is 0 Å². The Bertz CT molecular complexity index is 1110. The standard InChI is InChI=1S/C25H28N2O3/c1-6-29-19-10-16-12-24(2,3)27-22(21(16)17-13-25(4,5)30-23(17)19)15-8-7-14-11-20(28)26-18(14)9-15/h7-10H,6,11-13H2,1-5H3,(H,26,28). The first kappa shape index (κ1) is 19.2. The van der Waals surface area contributed by atoms with Crippen LogP contribution in [-0.2, 0) is 24.1 Å². The first-order chi connectivity index (χ1) is 14.2. The van der Waals surface area contributed by atoms with Crippen molar-refractivity contribution < 1.29 is 14.3 Å². The molecule has 0 atom stereocenters. The lowest BCUT2D eigenvalue weighted by molar-refractivity contribution is -0.115. The van der Waals surface area contributed by atoms with Gasteiger partial charge < -0.3 is 14.8 Å². The summed E-state index contributed by atoms with van der Waals surface area (Å²) in [6, 6.07) is 8.34. The maximum Gasteiger partial charge on any atom is 0.228 e. The number of fused-ring (bicyclic) bond motifs is 4. The molecular formula is C25H28N2O3. The second-order valence-corrected chi connectivity index (χ2v) is 9.73. The fraction of sp³-hybridized carbons (Fsp3) is 0.440. The highest BCUT2D eigenvalue weighted by atomic mass is 16.5. The highest BCUT2D eigenvalue weighted by molar-refractivity contribution is 6.17. The lowest BCUT2D eigenvalue weighted by Gasteiger charge is -2.31. The van der Waals surface area contributed by atoms with E-state index in [9.17, 15) is 4.79 Å². The zero-order chi connectivity index (χ0) is 21.3. The van der Waals surface area contributed by atoms with Gasteiger partial charge in [-0.3, -0.25) is 9.79 Å². The van der Waals surface area contributed by atoms with E-state index in [1.165, 1.54) is 16.7 Å². The Morgan fingerprint density at radius 2 is 1.93 bits per heavy atom. The molecule has 156 valence electrons. The van der Waals surface area contributed by atoms with Gasteiger partial charge in [0.05, 0.1) is 24.3 Å². The van der Waals surface area contributed by atoms with E-state index in [0.717, 1.165) is 46.9 Å². The molecule has 0 bridgehead atoms. The molecule has 0 aliphatic carbocycles. The third kappa shape index (κ3) is 3.08. The minimum Gasteiger partial charge on any atom is -0.490 e. The average molecular weight is 405 g/mol. The molecule has 0 aromatic heterocycles. The van der Waals surface area contributed by atoms with Crippen LogP contribution in [0.1, 0.15) is 62.4 Å². The van der Waals surface area contributed by atoms with Crippen LogP contribution < -0.4 is 14.8 Å². The predicted molar refractivity (Wildman–Crippen MR) is 118 cm³/mol. The monoisotopic (exact) mass is 404 g/mol. The number of hydrogen-bond acceptors (Lipinski definition) is 4. The Hall–Kier alpha value is -2.82. The second-order valence-electron chi connectivity index (χ2n) is 9.73. The van der Waals surface area contributed by atoms with Gasteiger partial charge in [0.15, 0.2) is 11.5 Å². The lowest BCUT2D eigenvalue weighted by atomic mass is 9.81. The van der Waals surface area contributed by atoms with E-state index >= 15 is 0 Å². The molecule has 0 spiro atoms. The predicted octanol–water partition coefficient (Wildman–Crippen LogP) is 4.47. The summed E-state index contributed by atoms with van der Waals surface area (Å²) in [4.78, 5) is 17.0. The minimum absolute atomic E-state index is 0.0471. The summed E-state index contributed by atoms with van der Waals surface area (Å²) in [5, 5.41) is 2.97. The summed E-state index contributed by atoms with van der Waals surface area (Å²) in [7, 11) is 0. The number of nitrogens with zero attached hydrogens (tertiary/aromatic N) is 1. The van der Waals surface area contributed by atoms with Crippen molar-refractivity contribution in [2.24, 2.45) is 4.99 Å². The van der Waals surface area contributed by atoms with E-state index in [0.29, 0.717) is 13.0 Å². The molecule has 0 saturated carbocycles. The van der Waals surface area contributed by atoms with Crippen molar-refractivity contribution in [3.63, 3.8) is 0 Å². The molecule has 0 radical (unpaired) electrons. The van der Waals surface area contributed by atoms with Gasteiger partial charge in [0, 0.05) is 28.8 Å². The first-order valence-corrected chi connectivity index (χ1v) is 10.7. The molecule has 5 rings (SSSR count). The molecule has 3 aliphatic rings. The van der Waals surface area contributed by atoms with Crippen LogP contribution in [-0.4, -0.2) is 29.4 Å². The number of ether oxygens (including phenoxy) is 2. The highest BCUT2D eigenvalue weighted by Crippen LogP contribution is 2.48. The molecule has 0 fully saturated rings. The molecule has 3 heterocycles. The van der Waals surface area contributed by atoms with Crippen molar-refractivity contribution in [3.8, 4) is 11.5 Å². The van der Waals surface area contributed by atoms with E-state index in [1.807, 2.05) is 13.0 Å². The van der Waals surface area contributed by atoms with Crippen molar-refractivity contribution >= 4 is 17.3 Å². The molecule has 0 unspecified atom stereocenters. The maximum absolute atomic E-state index is 11.8. The Morgan fingerprint density at radius 1 is 1.13 bits per heavy atom. The van der Waals surface area contributed by atoms with Gasteiger partial charge >= 0.3 is 0 Å². The van der Waals surface area contributed by atoms with Crippen molar-refractivity contribution in [2.45, 2.75) is 65.0 Å². The van der Waals surface area contributed by atoms with Crippen LogP contribution in [0.2, 0.25) is 0 Å². The van der Waals surface area contributed by atoms with Gasteiger partial charge in [-0.2, -0.15) is 0 Å². The zero-order valence-electron chi connectivity index (χ0n) is 18.3. The van der Waals surface area contributed by atoms with E-state index in [4.69, 9.17) is 14.5 Å². The quantitative estimate of drug-likeness (QED) is 0.821. The molecule has 5 nitrogen and oxygen atoms in total. The number of amides is 1. The number of anilines is 1. The van der Waals surface area contributed by atoms with Gasteiger partial charge in [0.25, 0.3) is 0 Å². The third-order valence-corrected chi connectivity index (χ3v) is 5.99. The number of carbonyl (C=O) groups excluding carboxylic acids is 1. The average Bonchev–Trinajstić information content (AvgIpc) is 3.17. The largest absolute Gasteiger partial charge is 0.490 e. The number of aliphatic imine (C=N–C) groups is 1. The van der Waals surface area contributed by atoms with Gasteiger partial charge in [0.1, 0.15) is 5.60 Å². The van der Waals surface area contributed by atoms with Gasteiger partial charge in [-0.1, -0.05) is 12.1 Å². The number of carbonyl (C=O) groups is 1. The third-order valence-electron chi connectivity index (χ3n) is 5.99. The topological polar surface area (TPSA) is 59.9 Å². The van der Waals surface area contributed by atoms with Gasteiger partial charge in [-0.25, -0.2) is 0 Å². The molecule has 30 heavy (non-hydrogen) atoms. The summed E-state index contributed by atoms with van der Waals surface area (Å²) in [6.07, 6.45) is 2.10. The van der Waals surface area contributed by atoms with Gasteiger partial charge in [0.2, 0.25) is 5.91 Å². The summed E-state index contributed by atoms with van der Waals surface area (Å²) in [6.45, 7) is 11.2. The van der Waals surface area contributed by atoms with Crippen LogP contribution in [0.25, 0.3) is 0 Å². The Balaban J connectivity index is 1.72. The van der Waals surface area contributed by atoms with Crippen molar-refractivity contribution in [3.05, 3.63) is 52.1 Å². The number of rotatable bonds is 3. The fourth-order valence-corrected chi connectivity index (χ4v) is 4.90. The SMILES string of the molecule is CCOc1cc2c(c3c1OC(C)(C)C3)C(c1ccc3c(c1)NC(=O)C3)=NC(C)(C)C2. The Kier molecular flexibility index (Phi) is 4.05. The van der Waals surface area contributed by atoms with Crippen LogP contribution in [0.5, 0.6) is 11.5 Å². The molecule has 2 aromatic carbocycles. The fourth-order valence-electron chi connectivity index (χ4n) is 4.90. The van der Waals surface area contributed by atoms with E-state index in [-0.39, 0.29) is 17.0 Å². The van der Waals surface area contributed by atoms with Crippen LogP contribution in [0.15, 0.2) is 29.3 Å². The Morgan fingerprint density at radius 3 is 2.70 bits per heavy atom. The van der Waals surface area contributed by atoms with Crippen molar-refractivity contribution in [2.75, 3.05) is 11.9 Å². The zero-order valence-corrected chi connectivity index (χ0v) is 18.3. The van der Waals surface area contributed by atoms with E-state index < -0.39 is 0 Å². The molecule has 2 aromatic rings. The first-order valence-electron chi connectivity index (χ1n) is 10.7. The molecule has 5 heteroatoms. The molecule has 1 amide bonds. The molecule has 0 saturated heterocycles. The number of nitrogens with one attached hydrogen (secondary N) is 1. The highest BCUT2D eigenvalue weighted by Gasteiger charge is 2.40. The smallest absolute Gasteiger partial charge is 0.228 e.